The average Bonchev–Trinajstić information content (AvgIpc) is 3.60. The first-order valence-corrected chi connectivity index (χ1v) is 14.9. The highest BCUT2D eigenvalue weighted by Gasteiger charge is 2.31. The molecule has 1 aromatic heterocycles. The number of thioether (sulfide) groups is 1. The first-order valence-electron chi connectivity index (χ1n) is 14.1. The molecule has 0 bridgehead atoms. The van der Waals surface area contributed by atoms with Gasteiger partial charge in [-0.15, -0.1) is 18.3 Å². The van der Waals surface area contributed by atoms with Crippen molar-refractivity contribution in [2.45, 2.75) is 58.9 Å². The van der Waals surface area contributed by atoms with Crippen molar-refractivity contribution < 1.29 is 22.7 Å². The number of aryl methyl sites for hydroxylation is 2. The number of benzene rings is 3. The van der Waals surface area contributed by atoms with Crippen molar-refractivity contribution in [3.8, 4) is 22.8 Å². The Kier molecular flexibility index (Phi) is 8.96. The van der Waals surface area contributed by atoms with E-state index in [0.29, 0.717) is 11.5 Å². The zero-order chi connectivity index (χ0) is 31.6. The van der Waals surface area contributed by atoms with Gasteiger partial charge in [-0.3, -0.25) is 0 Å². The van der Waals surface area contributed by atoms with Gasteiger partial charge < -0.3 is 10.1 Å². The molecule has 5 rings (SSSR count). The monoisotopic (exact) mass is 619 g/mol. The van der Waals surface area contributed by atoms with Gasteiger partial charge in [0, 0.05) is 17.5 Å². The Bertz CT molecular complexity index is 1690. The molecule has 1 aliphatic rings. The van der Waals surface area contributed by atoms with E-state index < -0.39 is 6.36 Å². The van der Waals surface area contributed by atoms with Crippen LogP contribution < -0.4 is 10.1 Å². The van der Waals surface area contributed by atoms with E-state index in [1.807, 2.05) is 44.2 Å². The molecule has 44 heavy (non-hydrogen) atoms. The van der Waals surface area contributed by atoms with Crippen LogP contribution in [-0.4, -0.2) is 38.2 Å². The van der Waals surface area contributed by atoms with Crippen molar-refractivity contribution in [3.05, 3.63) is 106 Å². The van der Waals surface area contributed by atoms with Crippen molar-refractivity contribution in [2.24, 2.45) is 4.99 Å². The summed E-state index contributed by atoms with van der Waals surface area (Å²) in [7, 11) is 0. The molecule has 2 amide bonds. The van der Waals surface area contributed by atoms with Gasteiger partial charge in [-0.05, 0) is 79.6 Å². The number of halogens is 3. The van der Waals surface area contributed by atoms with Gasteiger partial charge in [-0.1, -0.05) is 66.7 Å². The SMILES string of the molecule is CC1=CSC(=NC(=O)NC(C)C(C)c2ccc(-c3ncn(-c4ccc(OC(F)(F)F)cc4)n3)cc2)C1c1c(C)cccc1C. The molecule has 0 saturated heterocycles. The molecule has 0 spiro atoms. The minimum absolute atomic E-state index is 0.00153. The lowest BCUT2D eigenvalue weighted by atomic mass is 9.87. The number of aromatic nitrogens is 3. The van der Waals surface area contributed by atoms with Gasteiger partial charge in [-0.25, -0.2) is 14.5 Å². The number of hydrogen-bond donors (Lipinski definition) is 1. The predicted molar refractivity (Wildman–Crippen MR) is 167 cm³/mol. The molecule has 2 heterocycles. The molecule has 0 radical (unpaired) electrons. The number of urea groups is 1. The van der Waals surface area contributed by atoms with Gasteiger partial charge in [0.15, 0.2) is 5.82 Å². The summed E-state index contributed by atoms with van der Waals surface area (Å²) < 4.78 is 42.7. The molecule has 3 aromatic carbocycles. The fraction of sp³-hybridized carbons (Fsp3) is 0.273. The van der Waals surface area contributed by atoms with E-state index in [2.05, 4.69) is 63.4 Å². The maximum Gasteiger partial charge on any atom is 0.573 e. The normalized spacial score (nSPS) is 17.3. The first-order chi connectivity index (χ1) is 20.9. The fourth-order valence-corrected chi connectivity index (χ4v) is 6.22. The Morgan fingerprint density at radius 2 is 1.66 bits per heavy atom. The smallest absolute Gasteiger partial charge is 0.406 e. The zero-order valence-electron chi connectivity index (χ0n) is 24.9. The minimum Gasteiger partial charge on any atom is -0.406 e. The topological polar surface area (TPSA) is 81.4 Å². The van der Waals surface area contributed by atoms with Crippen molar-refractivity contribution >= 4 is 22.8 Å². The summed E-state index contributed by atoms with van der Waals surface area (Å²) in [5, 5.41) is 10.3. The molecule has 1 aliphatic heterocycles. The van der Waals surface area contributed by atoms with E-state index >= 15 is 0 Å². The Balaban J connectivity index is 1.23. The molecule has 0 fully saturated rings. The largest absolute Gasteiger partial charge is 0.573 e. The van der Waals surface area contributed by atoms with Gasteiger partial charge >= 0.3 is 12.4 Å². The number of hydrogen-bond acceptors (Lipinski definition) is 5. The lowest BCUT2D eigenvalue weighted by Crippen LogP contribution is -2.34. The van der Waals surface area contributed by atoms with Crippen molar-refractivity contribution in [2.75, 3.05) is 0 Å². The van der Waals surface area contributed by atoms with E-state index in [-0.39, 0.29) is 29.7 Å². The van der Waals surface area contributed by atoms with Gasteiger partial charge in [-0.2, -0.15) is 4.99 Å². The quantitative estimate of drug-likeness (QED) is 0.224. The Morgan fingerprint density at radius 3 is 2.30 bits per heavy atom. The van der Waals surface area contributed by atoms with E-state index in [4.69, 9.17) is 0 Å². The van der Waals surface area contributed by atoms with Crippen LogP contribution in [0, 0.1) is 13.8 Å². The molecule has 7 nitrogen and oxygen atoms in total. The predicted octanol–water partition coefficient (Wildman–Crippen LogP) is 8.48. The second-order valence-corrected chi connectivity index (χ2v) is 11.8. The first kappa shape index (κ1) is 31.1. The van der Waals surface area contributed by atoms with Crippen LogP contribution in [-0.2, 0) is 0 Å². The standard InChI is InChI=1S/C33H32F3N5O2S/c1-19-7-6-8-20(2)28(19)29-21(3)17-44-31(29)39-32(42)38-23(5)22(4)24-9-11-25(12-10-24)30-37-18-41(40-30)26-13-15-27(16-14-26)43-33(34,35)36/h6-18,22-23,29H,1-5H3,(H,38,42). The van der Waals surface area contributed by atoms with E-state index in [1.54, 1.807) is 0 Å². The lowest BCUT2D eigenvalue weighted by molar-refractivity contribution is -0.274. The number of rotatable bonds is 7. The summed E-state index contributed by atoms with van der Waals surface area (Å²) in [5.74, 6) is 0.136. The summed E-state index contributed by atoms with van der Waals surface area (Å²) in [6.45, 7) is 10.3. The third-order valence-electron chi connectivity index (χ3n) is 7.73. The molecular weight excluding hydrogens is 587 g/mol. The second kappa shape index (κ2) is 12.7. The van der Waals surface area contributed by atoms with Crippen LogP contribution in [0.3, 0.4) is 0 Å². The highest BCUT2D eigenvalue weighted by atomic mass is 32.2. The zero-order valence-corrected chi connectivity index (χ0v) is 25.7. The van der Waals surface area contributed by atoms with Crippen LogP contribution in [0.15, 0.2) is 89.0 Å². The minimum atomic E-state index is -4.75. The summed E-state index contributed by atoms with van der Waals surface area (Å²) in [6.07, 6.45) is -3.26. The number of amides is 2. The van der Waals surface area contributed by atoms with Gasteiger partial charge in [0.05, 0.1) is 16.6 Å². The van der Waals surface area contributed by atoms with Crippen LogP contribution in [0.25, 0.3) is 17.1 Å². The fourth-order valence-electron chi connectivity index (χ4n) is 5.21. The Labute approximate surface area is 258 Å². The van der Waals surface area contributed by atoms with Gasteiger partial charge in [0.1, 0.15) is 12.1 Å². The van der Waals surface area contributed by atoms with E-state index in [9.17, 15) is 18.0 Å². The van der Waals surface area contributed by atoms with Gasteiger partial charge in [0.2, 0.25) is 0 Å². The van der Waals surface area contributed by atoms with Crippen LogP contribution in [0.2, 0.25) is 0 Å². The molecule has 11 heteroatoms. The molecule has 0 saturated carbocycles. The second-order valence-electron chi connectivity index (χ2n) is 10.9. The number of allylic oxidation sites excluding steroid dienone is 1. The molecule has 3 unspecified atom stereocenters. The molecular formula is C33H32F3N5O2S. The Hall–Kier alpha value is -4.38. The molecule has 1 N–H and O–H groups in total. The molecule has 3 atom stereocenters. The van der Waals surface area contributed by atoms with Crippen molar-refractivity contribution in [3.63, 3.8) is 0 Å². The third kappa shape index (κ3) is 7.05. The summed E-state index contributed by atoms with van der Waals surface area (Å²) in [4.78, 5) is 21.9. The maximum absolute atomic E-state index is 13.0. The number of carbonyl (C=O) groups is 1. The number of nitrogens with one attached hydrogen (secondary N) is 1. The third-order valence-corrected chi connectivity index (χ3v) is 8.79. The number of carbonyl (C=O) groups excluding carboxylic acids is 1. The Morgan fingerprint density at radius 1 is 1.00 bits per heavy atom. The summed E-state index contributed by atoms with van der Waals surface area (Å²) in [6, 6.07) is 18.8. The van der Waals surface area contributed by atoms with Crippen LogP contribution in [0.1, 0.15) is 54.9 Å². The molecule has 0 aliphatic carbocycles. The highest BCUT2D eigenvalue weighted by Crippen LogP contribution is 2.41. The number of ether oxygens (including phenoxy) is 1. The van der Waals surface area contributed by atoms with Crippen LogP contribution in [0.5, 0.6) is 5.75 Å². The van der Waals surface area contributed by atoms with Crippen molar-refractivity contribution in [1.82, 2.24) is 20.1 Å². The van der Waals surface area contributed by atoms with E-state index in [1.165, 1.54) is 69.3 Å². The van der Waals surface area contributed by atoms with Crippen LogP contribution in [0.4, 0.5) is 18.0 Å². The molecule has 4 aromatic rings. The number of alkyl halides is 3. The summed E-state index contributed by atoms with van der Waals surface area (Å²) in [5.41, 5.74) is 7.08. The average molecular weight is 620 g/mol. The maximum atomic E-state index is 13.0. The summed E-state index contributed by atoms with van der Waals surface area (Å²) >= 11 is 1.50. The van der Waals surface area contributed by atoms with Gasteiger partial charge in [0.25, 0.3) is 0 Å². The van der Waals surface area contributed by atoms with Crippen molar-refractivity contribution in [1.29, 1.82) is 0 Å². The lowest BCUT2D eigenvalue weighted by Gasteiger charge is -2.22. The number of nitrogens with zero attached hydrogens (tertiary/aromatic N) is 4. The van der Waals surface area contributed by atoms with Crippen LogP contribution >= 0.6 is 11.8 Å². The molecule has 228 valence electrons. The highest BCUT2D eigenvalue weighted by molar-refractivity contribution is 8.17. The number of aliphatic imine (C=N–C) groups is 1. The van der Waals surface area contributed by atoms with E-state index in [0.717, 1.165) is 16.2 Å².